The van der Waals surface area contributed by atoms with Gasteiger partial charge in [0.25, 0.3) is 0 Å². The highest BCUT2D eigenvalue weighted by Crippen LogP contribution is 2.16. The van der Waals surface area contributed by atoms with Crippen LogP contribution in [-0.4, -0.2) is 36.1 Å². The fourth-order valence-electron chi connectivity index (χ4n) is 1.36. The molecule has 0 aliphatic heterocycles. The van der Waals surface area contributed by atoms with Crippen LogP contribution in [0.4, 0.5) is 11.5 Å². The zero-order valence-corrected chi connectivity index (χ0v) is 11.5. The zero-order valence-electron chi connectivity index (χ0n) is 10.7. The first kappa shape index (κ1) is 14.6. The Morgan fingerprint density at radius 3 is 3.00 bits per heavy atom. The largest absolute Gasteiger partial charge is 0.464 e. The van der Waals surface area contributed by atoms with Gasteiger partial charge in [0.1, 0.15) is 5.82 Å². The van der Waals surface area contributed by atoms with Crippen LogP contribution in [0.5, 0.6) is 0 Å². The summed E-state index contributed by atoms with van der Waals surface area (Å²) in [4.78, 5) is 15.5. The minimum Gasteiger partial charge on any atom is -0.464 e. The summed E-state index contributed by atoms with van der Waals surface area (Å²) < 4.78 is 4.62. The first-order chi connectivity index (χ1) is 8.69. The average Bonchev–Trinajstić information content (AvgIpc) is 2.39. The SMILES string of the molecule is CCSCCCNc1nc(C(=O)OC)ccc1N. The van der Waals surface area contributed by atoms with E-state index in [1.165, 1.54) is 7.11 Å². The molecule has 0 spiro atoms. The van der Waals surface area contributed by atoms with E-state index in [0.29, 0.717) is 11.5 Å². The van der Waals surface area contributed by atoms with Gasteiger partial charge in [-0.25, -0.2) is 9.78 Å². The summed E-state index contributed by atoms with van der Waals surface area (Å²) in [6.45, 7) is 2.92. The van der Waals surface area contributed by atoms with E-state index in [0.717, 1.165) is 24.5 Å². The second kappa shape index (κ2) is 7.81. The molecule has 0 aromatic carbocycles. The van der Waals surface area contributed by atoms with Crippen molar-refractivity contribution in [3.05, 3.63) is 17.8 Å². The van der Waals surface area contributed by atoms with Gasteiger partial charge in [0, 0.05) is 6.54 Å². The molecule has 0 bridgehead atoms. The minimum atomic E-state index is -0.459. The normalized spacial score (nSPS) is 10.1. The number of pyridine rings is 1. The first-order valence-electron chi connectivity index (χ1n) is 5.85. The van der Waals surface area contributed by atoms with E-state index in [1.807, 2.05) is 11.8 Å². The Hall–Kier alpha value is -1.43. The molecule has 18 heavy (non-hydrogen) atoms. The lowest BCUT2D eigenvalue weighted by molar-refractivity contribution is 0.0594. The van der Waals surface area contributed by atoms with E-state index in [9.17, 15) is 4.79 Å². The second-order valence-electron chi connectivity index (χ2n) is 3.60. The van der Waals surface area contributed by atoms with Crippen LogP contribution < -0.4 is 11.1 Å². The number of rotatable bonds is 7. The van der Waals surface area contributed by atoms with Crippen molar-refractivity contribution in [2.45, 2.75) is 13.3 Å². The summed E-state index contributed by atoms with van der Waals surface area (Å²) in [5.74, 6) is 2.30. The number of nitrogens with zero attached hydrogens (tertiary/aromatic N) is 1. The smallest absolute Gasteiger partial charge is 0.356 e. The molecule has 0 fully saturated rings. The molecule has 0 atom stereocenters. The molecule has 1 aromatic rings. The second-order valence-corrected chi connectivity index (χ2v) is 5.00. The Morgan fingerprint density at radius 1 is 1.56 bits per heavy atom. The van der Waals surface area contributed by atoms with Crippen LogP contribution in [0.1, 0.15) is 23.8 Å². The molecule has 0 saturated heterocycles. The number of carbonyl (C=O) groups excluding carboxylic acids is 1. The molecule has 1 heterocycles. The van der Waals surface area contributed by atoms with Crippen LogP contribution in [-0.2, 0) is 4.74 Å². The van der Waals surface area contributed by atoms with Crippen molar-refractivity contribution in [3.8, 4) is 0 Å². The molecule has 100 valence electrons. The standard InChI is InChI=1S/C12H19N3O2S/c1-3-18-8-4-7-14-11-9(13)5-6-10(15-11)12(16)17-2/h5-6H,3-4,7-8,13H2,1-2H3,(H,14,15). The maximum Gasteiger partial charge on any atom is 0.356 e. The highest BCUT2D eigenvalue weighted by molar-refractivity contribution is 7.99. The number of nitrogens with one attached hydrogen (secondary N) is 1. The molecule has 3 N–H and O–H groups in total. The van der Waals surface area contributed by atoms with Gasteiger partial charge in [0.2, 0.25) is 0 Å². The Balaban J connectivity index is 2.56. The Morgan fingerprint density at radius 2 is 2.33 bits per heavy atom. The lowest BCUT2D eigenvalue weighted by Gasteiger charge is -2.09. The fraction of sp³-hybridized carbons (Fsp3) is 0.500. The van der Waals surface area contributed by atoms with E-state index in [4.69, 9.17) is 5.73 Å². The van der Waals surface area contributed by atoms with Crippen LogP contribution >= 0.6 is 11.8 Å². The number of carbonyl (C=O) groups is 1. The highest BCUT2D eigenvalue weighted by atomic mass is 32.2. The number of hydrogen-bond donors (Lipinski definition) is 2. The Bertz CT molecular complexity index is 399. The molecular formula is C12H19N3O2S. The summed E-state index contributed by atoms with van der Waals surface area (Å²) in [5.41, 5.74) is 6.58. The van der Waals surface area contributed by atoms with Gasteiger partial charge in [0.15, 0.2) is 5.69 Å². The van der Waals surface area contributed by atoms with Crippen molar-refractivity contribution in [1.82, 2.24) is 4.98 Å². The third-order valence-electron chi connectivity index (χ3n) is 2.28. The summed E-state index contributed by atoms with van der Waals surface area (Å²) in [7, 11) is 1.33. The summed E-state index contributed by atoms with van der Waals surface area (Å²) in [6.07, 6.45) is 1.03. The van der Waals surface area contributed by atoms with Gasteiger partial charge in [-0.2, -0.15) is 11.8 Å². The number of aromatic nitrogens is 1. The molecule has 0 unspecified atom stereocenters. The zero-order chi connectivity index (χ0) is 13.4. The number of nitrogens with two attached hydrogens (primary N) is 1. The van der Waals surface area contributed by atoms with Crippen LogP contribution in [0.2, 0.25) is 0 Å². The van der Waals surface area contributed by atoms with Gasteiger partial charge < -0.3 is 15.8 Å². The van der Waals surface area contributed by atoms with Crippen molar-refractivity contribution in [3.63, 3.8) is 0 Å². The van der Waals surface area contributed by atoms with Crippen molar-refractivity contribution in [2.75, 3.05) is 36.2 Å². The fourth-order valence-corrected chi connectivity index (χ4v) is 1.99. The number of esters is 1. The van der Waals surface area contributed by atoms with E-state index in [2.05, 4.69) is 22.0 Å². The van der Waals surface area contributed by atoms with E-state index in [-0.39, 0.29) is 5.69 Å². The minimum absolute atomic E-state index is 0.261. The van der Waals surface area contributed by atoms with E-state index in [1.54, 1.807) is 12.1 Å². The van der Waals surface area contributed by atoms with E-state index < -0.39 is 5.97 Å². The molecule has 5 nitrogen and oxygen atoms in total. The number of methoxy groups -OCH3 is 1. The van der Waals surface area contributed by atoms with Gasteiger partial charge in [-0.05, 0) is 30.1 Å². The lowest BCUT2D eigenvalue weighted by Crippen LogP contribution is -2.11. The maximum absolute atomic E-state index is 11.3. The third-order valence-corrected chi connectivity index (χ3v) is 3.27. The van der Waals surface area contributed by atoms with Gasteiger partial charge in [-0.15, -0.1) is 0 Å². The summed E-state index contributed by atoms with van der Waals surface area (Å²) in [5, 5.41) is 3.13. The quantitative estimate of drug-likeness (QED) is 0.582. The first-order valence-corrected chi connectivity index (χ1v) is 7.01. The maximum atomic E-state index is 11.3. The van der Waals surface area contributed by atoms with E-state index >= 15 is 0 Å². The average molecular weight is 269 g/mol. The van der Waals surface area contributed by atoms with Gasteiger partial charge in [-0.1, -0.05) is 6.92 Å². The number of anilines is 2. The Labute approximate surface area is 111 Å². The monoisotopic (exact) mass is 269 g/mol. The van der Waals surface area contributed by atoms with Gasteiger partial charge in [0.05, 0.1) is 12.8 Å². The van der Waals surface area contributed by atoms with Crippen LogP contribution in [0, 0.1) is 0 Å². The number of hydrogen-bond acceptors (Lipinski definition) is 6. The predicted molar refractivity (Wildman–Crippen MR) is 76.1 cm³/mol. The van der Waals surface area contributed by atoms with Crippen molar-refractivity contribution >= 4 is 29.2 Å². The Kier molecular flexibility index (Phi) is 6.35. The van der Waals surface area contributed by atoms with Gasteiger partial charge in [-0.3, -0.25) is 0 Å². The molecule has 0 aliphatic rings. The lowest BCUT2D eigenvalue weighted by atomic mass is 10.3. The van der Waals surface area contributed by atoms with Crippen molar-refractivity contribution in [1.29, 1.82) is 0 Å². The van der Waals surface area contributed by atoms with Crippen molar-refractivity contribution < 1.29 is 9.53 Å². The van der Waals surface area contributed by atoms with Crippen LogP contribution in [0.3, 0.4) is 0 Å². The molecule has 0 amide bonds. The summed E-state index contributed by atoms with van der Waals surface area (Å²) in [6, 6.07) is 3.21. The molecular weight excluding hydrogens is 250 g/mol. The molecule has 0 aliphatic carbocycles. The van der Waals surface area contributed by atoms with Crippen LogP contribution in [0.15, 0.2) is 12.1 Å². The number of thioether (sulfide) groups is 1. The molecule has 6 heteroatoms. The predicted octanol–water partition coefficient (Wildman–Crippen LogP) is 2.01. The highest BCUT2D eigenvalue weighted by Gasteiger charge is 2.09. The molecule has 0 radical (unpaired) electrons. The number of nitrogen functional groups attached to an aromatic ring is 1. The summed E-state index contributed by atoms with van der Waals surface area (Å²) >= 11 is 1.89. The molecule has 1 rings (SSSR count). The molecule has 0 saturated carbocycles. The van der Waals surface area contributed by atoms with Crippen molar-refractivity contribution in [2.24, 2.45) is 0 Å². The number of ether oxygens (including phenoxy) is 1. The third kappa shape index (κ3) is 4.44. The van der Waals surface area contributed by atoms with Crippen LogP contribution in [0.25, 0.3) is 0 Å². The molecule has 1 aromatic heterocycles. The van der Waals surface area contributed by atoms with Gasteiger partial charge >= 0.3 is 5.97 Å². The topological polar surface area (TPSA) is 77.2 Å².